The summed E-state index contributed by atoms with van der Waals surface area (Å²) < 4.78 is 6.09. The van der Waals surface area contributed by atoms with E-state index in [9.17, 15) is 15.3 Å². The number of phenols is 3. The van der Waals surface area contributed by atoms with Crippen molar-refractivity contribution >= 4 is 17.1 Å². The van der Waals surface area contributed by atoms with Gasteiger partial charge in [-0.25, -0.2) is 0 Å². The van der Waals surface area contributed by atoms with Crippen molar-refractivity contribution in [3.63, 3.8) is 0 Å². The lowest BCUT2D eigenvalue weighted by molar-refractivity contribution is 0.447. The molecule has 0 unspecified atom stereocenters. The Morgan fingerprint density at radius 1 is 0.571 bits per heavy atom. The van der Waals surface area contributed by atoms with Gasteiger partial charge in [-0.3, -0.25) is 0 Å². The minimum Gasteiger partial charge on any atom is -0.508 e. The van der Waals surface area contributed by atoms with E-state index < -0.39 is 0 Å². The fraction of sp³-hybridized carbons (Fsp3) is 0.200. The van der Waals surface area contributed by atoms with E-state index in [4.69, 9.17) is 4.74 Å². The number of hydrogen-bond acceptors (Lipinski definition) is 5. The van der Waals surface area contributed by atoms with Crippen molar-refractivity contribution in [2.45, 2.75) is 41.5 Å². The molecule has 4 rings (SSSR count). The van der Waals surface area contributed by atoms with Crippen molar-refractivity contribution in [3.05, 3.63) is 94.0 Å². The van der Waals surface area contributed by atoms with Gasteiger partial charge >= 0.3 is 0 Å². The molecular formula is C30H31NO4. The third-order valence-electron chi connectivity index (χ3n) is 6.31. The Morgan fingerprint density at radius 3 is 1.60 bits per heavy atom. The molecule has 0 radical (unpaired) electrons. The minimum absolute atomic E-state index is 0.208. The highest BCUT2D eigenvalue weighted by atomic mass is 16.5. The SMILES string of the molecule is Cc1cc(O)c(C)c(Oc2ccc(N(c3cc(C)c(O)cc3C)c3cc(C)c(O)cc3C)cc2)c1. The number of aryl methyl sites for hydroxylation is 5. The third-order valence-corrected chi connectivity index (χ3v) is 6.31. The maximum atomic E-state index is 10.2. The van der Waals surface area contributed by atoms with Crippen LogP contribution in [0.25, 0.3) is 0 Å². The Balaban J connectivity index is 1.81. The van der Waals surface area contributed by atoms with Gasteiger partial charge in [-0.2, -0.15) is 0 Å². The summed E-state index contributed by atoms with van der Waals surface area (Å²) in [5.74, 6) is 1.98. The number of anilines is 3. The standard InChI is InChI=1S/C30H31NO4/c1-17-11-29(34)22(6)30(12-17)35-24-9-7-23(8-10-24)31(25-13-20(4)27(32)15-18(25)2)26-14-21(5)28(33)16-19(26)3/h7-16,32-34H,1-6H3. The molecule has 5 heteroatoms. The molecule has 0 atom stereocenters. The van der Waals surface area contributed by atoms with Crippen LogP contribution in [0.3, 0.4) is 0 Å². The molecule has 3 N–H and O–H groups in total. The molecule has 0 amide bonds. The van der Waals surface area contributed by atoms with Crippen LogP contribution in [0.15, 0.2) is 60.7 Å². The van der Waals surface area contributed by atoms with E-state index in [1.165, 1.54) is 0 Å². The molecule has 0 aliphatic rings. The van der Waals surface area contributed by atoms with E-state index in [1.54, 1.807) is 18.2 Å². The molecular weight excluding hydrogens is 438 g/mol. The van der Waals surface area contributed by atoms with E-state index in [-0.39, 0.29) is 17.2 Å². The second-order valence-electron chi connectivity index (χ2n) is 9.19. The highest BCUT2D eigenvalue weighted by molar-refractivity contribution is 5.82. The van der Waals surface area contributed by atoms with Crippen LogP contribution in [-0.4, -0.2) is 15.3 Å². The topological polar surface area (TPSA) is 73.2 Å². The largest absolute Gasteiger partial charge is 0.508 e. The van der Waals surface area contributed by atoms with Crippen LogP contribution in [0.1, 0.15) is 33.4 Å². The van der Waals surface area contributed by atoms with Crippen LogP contribution < -0.4 is 9.64 Å². The lowest BCUT2D eigenvalue weighted by atomic mass is 10.0. The van der Waals surface area contributed by atoms with Crippen molar-refractivity contribution in [2.75, 3.05) is 4.90 Å². The number of nitrogens with zero attached hydrogens (tertiary/aromatic N) is 1. The van der Waals surface area contributed by atoms with Crippen LogP contribution in [0.4, 0.5) is 17.1 Å². The zero-order chi connectivity index (χ0) is 25.4. The number of ether oxygens (including phenoxy) is 1. The summed E-state index contributed by atoms with van der Waals surface area (Å²) in [5, 5.41) is 30.6. The molecule has 0 spiro atoms. The molecule has 35 heavy (non-hydrogen) atoms. The van der Waals surface area contributed by atoms with E-state index in [2.05, 4.69) is 4.90 Å². The van der Waals surface area contributed by atoms with Crippen molar-refractivity contribution < 1.29 is 20.1 Å². The molecule has 180 valence electrons. The Kier molecular flexibility index (Phi) is 6.35. The Hall–Kier alpha value is -4.12. The molecule has 4 aromatic carbocycles. The van der Waals surface area contributed by atoms with Crippen LogP contribution in [0.5, 0.6) is 28.7 Å². The highest BCUT2D eigenvalue weighted by Crippen LogP contribution is 2.42. The summed E-state index contributed by atoms with van der Waals surface area (Å²) in [6.07, 6.45) is 0. The molecule has 5 nitrogen and oxygen atoms in total. The number of aromatic hydroxyl groups is 3. The molecule has 0 heterocycles. The molecule has 0 saturated carbocycles. The minimum atomic E-state index is 0.208. The Morgan fingerprint density at radius 2 is 1.09 bits per heavy atom. The van der Waals surface area contributed by atoms with E-state index in [0.717, 1.165) is 44.9 Å². The van der Waals surface area contributed by atoms with Crippen LogP contribution >= 0.6 is 0 Å². The van der Waals surface area contributed by atoms with Crippen molar-refractivity contribution in [1.82, 2.24) is 0 Å². The molecule has 4 aromatic rings. The monoisotopic (exact) mass is 469 g/mol. The van der Waals surface area contributed by atoms with E-state index >= 15 is 0 Å². The zero-order valence-corrected chi connectivity index (χ0v) is 21.0. The fourth-order valence-corrected chi connectivity index (χ4v) is 4.16. The van der Waals surface area contributed by atoms with Crippen molar-refractivity contribution in [3.8, 4) is 28.7 Å². The predicted octanol–water partition coefficient (Wildman–Crippen LogP) is 7.92. The first kappa shape index (κ1) is 24.0. The molecule has 0 bridgehead atoms. The summed E-state index contributed by atoms with van der Waals surface area (Å²) in [5.41, 5.74) is 7.77. The van der Waals surface area contributed by atoms with Crippen LogP contribution in [0, 0.1) is 41.5 Å². The van der Waals surface area contributed by atoms with Gasteiger partial charge in [-0.05, 0) is 130 Å². The summed E-state index contributed by atoms with van der Waals surface area (Å²) in [6, 6.07) is 18.8. The first-order valence-corrected chi connectivity index (χ1v) is 11.5. The Labute approximate surface area is 206 Å². The summed E-state index contributed by atoms with van der Waals surface area (Å²) >= 11 is 0. The zero-order valence-electron chi connectivity index (χ0n) is 21.0. The predicted molar refractivity (Wildman–Crippen MR) is 141 cm³/mol. The molecule has 0 fully saturated rings. The lowest BCUT2D eigenvalue weighted by Gasteiger charge is -2.29. The summed E-state index contributed by atoms with van der Waals surface area (Å²) in [7, 11) is 0. The molecule has 0 aliphatic carbocycles. The third kappa shape index (κ3) is 4.76. The maximum absolute atomic E-state index is 10.2. The molecule has 0 saturated heterocycles. The number of phenolic OH excluding ortho intramolecular Hbond substituents is 3. The van der Waals surface area contributed by atoms with Gasteiger partial charge in [0.15, 0.2) is 0 Å². The van der Waals surface area contributed by atoms with Gasteiger partial charge in [0.05, 0.1) is 0 Å². The number of hydrogen-bond donors (Lipinski definition) is 3. The van der Waals surface area contributed by atoms with Gasteiger partial charge in [-0.15, -0.1) is 0 Å². The second kappa shape index (κ2) is 9.26. The fourth-order valence-electron chi connectivity index (χ4n) is 4.16. The first-order valence-electron chi connectivity index (χ1n) is 11.5. The number of benzene rings is 4. The van der Waals surface area contributed by atoms with E-state index in [1.807, 2.05) is 84.0 Å². The van der Waals surface area contributed by atoms with Gasteiger partial charge < -0.3 is 25.0 Å². The van der Waals surface area contributed by atoms with Gasteiger partial charge in [0.25, 0.3) is 0 Å². The maximum Gasteiger partial charge on any atom is 0.134 e. The quantitative estimate of drug-likeness (QED) is 0.277. The highest BCUT2D eigenvalue weighted by Gasteiger charge is 2.19. The van der Waals surface area contributed by atoms with Gasteiger partial charge in [-0.1, -0.05) is 0 Å². The van der Waals surface area contributed by atoms with Crippen LogP contribution in [-0.2, 0) is 0 Å². The molecule has 0 aliphatic heterocycles. The van der Waals surface area contributed by atoms with E-state index in [0.29, 0.717) is 17.1 Å². The van der Waals surface area contributed by atoms with Crippen LogP contribution in [0.2, 0.25) is 0 Å². The second-order valence-corrected chi connectivity index (χ2v) is 9.19. The van der Waals surface area contributed by atoms with Crippen molar-refractivity contribution in [2.24, 2.45) is 0 Å². The van der Waals surface area contributed by atoms with Gasteiger partial charge in [0.1, 0.15) is 28.7 Å². The lowest BCUT2D eigenvalue weighted by Crippen LogP contribution is -2.13. The smallest absolute Gasteiger partial charge is 0.134 e. The number of rotatable bonds is 5. The molecule has 0 aromatic heterocycles. The normalized spacial score (nSPS) is 10.9. The van der Waals surface area contributed by atoms with Gasteiger partial charge in [0, 0.05) is 22.6 Å². The Bertz CT molecular complexity index is 1350. The summed E-state index contributed by atoms with van der Waals surface area (Å²) in [4.78, 5) is 2.12. The first-order chi connectivity index (χ1) is 16.5. The van der Waals surface area contributed by atoms with Crippen molar-refractivity contribution in [1.29, 1.82) is 0 Å². The average molecular weight is 470 g/mol. The summed E-state index contributed by atoms with van der Waals surface area (Å²) in [6.45, 7) is 11.4. The average Bonchev–Trinajstić information content (AvgIpc) is 2.79. The van der Waals surface area contributed by atoms with Gasteiger partial charge in [0.2, 0.25) is 0 Å².